The van der Waals surface area contributed by atoms with Crippen LogP contribution in [0.3, 0.4) is 0 Å². The minimum atomic E-state index is -0.772. The van der Waals surface area contributed by atoms with Gasteiger partial charge in [-0.2, -0.15) is 0 Å². The molecule has 0 aromatic heterocycles. The van der Waals surface area contributed by atoms with Crippen LogP contribution in [0.1, 0.15) is 17.2 Å². The Morgan fingerprint density at radius 1 is 1.21 bits per heavy atom. The molecule has 2 aromatic carbocycles. The minimum absolute atomic E-state index is 0.132. The van der Waals surface area contributed by atoms with E-state index in [1.807, 2.05) is 24.3 Å². The minimum Gasteiger partial charge on any atom is -0.497 e. The van der Waals surface area contributed by atoms with Gasteiger partial charge in [0.1, 0.15) is 5.75 Å². The maximum Gasteiger partial charge on any atom is 0.314 e. The van der Waals surface area contributed by atoms with Gasteiger partial charge in [0.15, 0.2) is 0 Å². The van der Waals surface area contributed by atoms with Crippen molar-refractivity contribution >= 4 is 17.6 Å². The average molecular weight is 349 g/mol. The second kappa shape index (κ2) is 9.15. The molecular formula is C18H21ClN2O3. The number of benzene rings is 2. The number of hydrogen-bond acceptors (Lipinski definition) is 3. The number of nitrogens with one attached hydrogen (secondary N) is 2. The number of carbonyl (C=O) groups is 1. The normalized spacial score (nSPS) is 11.6. The molecule has 0 aliphatic heterocycles. The topological polar surface area (TPSA) is 70.6 Å². The lowest BCUT2D eigenvalue weighted by Gasteiger charge is -2.13. The number of hydrogen-bond donors (Lipinski definition) is 3. The molecule has 0 saturated heterocycles. The van der Waals surface area contributed by atoms with Crippen LogP contribution >= 0.6 is 11.6 Å². The summed E-state index contributed by atoms with van der Waals surface area (Å²) in [6.07, 6.45) is -0.0731. The molecule has 0 fully saturated rings. The second-order valence-electron chi connectivity index (χ2n) is 5.31. The predicted octanol–water partition coefficient (Wildman–Crippen LogP) is 2.92. The molecule has 0 spiro atoms. The maximum absolute atomic E-state index is 11.8. The lowest BCUT2D eigenvalue weighted by atomic mass is 10.1. The van der Waals surface area contributed by atoms with Crippen molar-refractivity contribution in [2.45, 2.75) is 12.5 Å². The summed E-state index contributed by atoms with van der Waals surface area (Å²) >= 11 is 5.80. The molecule has 1 unspecified atom stereocenters. The summed E-state index contributed by atoms with van der Waals surface area (Å²) in [5.74, 6) is 0.794. The quantitative estimate of drug-likeness (QED) is 0.720. The Labute approximate surface area is 146 Å². The zero-order valence-corrected chi connectivity index (χ0v) is 14.2. The number of aliphatic hydroxyl groups is 1. The van der Waals surface area contributed by atoms with Gasteiger partial charge in [-0.25, -0.2) is 4.79 Å². The van der Waals surface area contributed by atoms with E-state index >= 15 is 0 Å². The number of amides is 2. The molecule has 0 aliphatic carbocycles. The number of aliphatic hydroxyl groups excluding tert-OH is 1. The first kappa shape index (κ1) is 18.1. The van der Waals surface area contributed by atoms with Gasteiger partial charge < -0.3 is 20.5 Å². The van der Waals surface area contributed by atoms with Gasteiger partial charge in [0, 0.05) is 18.1 Å². The third-order valence-corrected chi connectivity index (χ3v) is 3.80. The van der Waals surface area contributed by atoms with E-state index in [0.717, 1.165) is 11.3 Å². The summed E-state index contributed by atoms with van der Waals surface area (Å²) in [7, 11) is 1.62. The van der Waals surface area contributed by atoms with Crippen molar-refractivity contribution in [3.63, 3.8) is 0 Å². The SMILES string of the molecule is COc1cccc(CCNC(=O)NCC(O)c2ccc(Cl)cc2)c1. The van der Waals surface area contributed by atoms with Crippen LogP contribution in [0.2, 0.25) is 5.02 Å². The highest BCUT2D eigenvalue weighted by atomic mass is 35.5. The van der Waals surface area contributed by atoms with Gasteiger partial charge in [-0.1, -0.05) is 35.9 Å². The van der Waals surface area contributed by atoms with Gasteiger partial charge in [-0.3, -0.25) is 0 Å². The maximum atomic E-state index is 11.8. The van der Waals surface area contributed by atoms with Gasteiger partial charge in [0.2, 0.25) is 0 Å². The van der Waals surface area contributed by atoms with Crippen LogP contribution in [0.25, 0.3) is 0 Å². The molecule has 0 bridgehead atoms. The van der Waals surface area contributed by atoms with Gasteiger partial charge in [0.05, 0.1) is 13.2 Å². The van der Waals surface area contributed by atoms with E-state index < -0.39 is 6.10 Å². The number of rotatable bonds is 7. The van der Waals surface area contributed by atoms with Crippen LogP contribution in [0, 0.1) is 0 Å². The molecule has 0 heterocycles. The molecule has 0 aliphatic rings. The summed E-state index contributed by atoms with van der Waals surface area (Å²) in [6.45, 7) is 0.628. The summed E-state index contributed by atoms with van der Waals surface area (Å²) < 4.78 is 5.16. The van der Waals surface area contributed by atoms with E-state index in [2.05, 4.69) is 10.6 Å². The number of carbonyl (C=O) groups excluding carboxylic acids is 1. The number of ether oxygens (including phenoxy) is 1. The molecule has 2 rings (SSSR count). The summed E-state index contributed by atoms with van der Waals surface area (Å²) in [5, 5.41) is 16.0. The van der Waals surface area contributed by atoms with Gasteiger partial charge in [-0.05, 0) is 41.8 Å². The predicted molar refractivity (Wildman–Crippen MR) is 94.5 cm³/mol. The van der Waals surface area contributed by atoms with Crippen LogP contribution in [0.4, 0.5) is 4.79 Å². The molecule has 3 N–H and O–H groups in total. The van der Waals surface area contributed by atoms with Crippen LogP contribution in [0.5, 0.6) is 5.75 Å². The standard InChI is InChI=1S/C18H21ClN2O3/c1-24-16-4-2-3-13(11-16)9-10-20-18(23)21-12-17(22)14-5-7-15(19)8-6-14/h2-8,11,17,22H,9-10,12H2,1H3,(H2,20,21,23). The number of methoxy groups -OCH3 is 1. The lowest BCUT2D eigenvalue weighted by Crippen LogP contribution is -2.38. The fourth-order valence-corrected chi connectivity index (χ4v) is 2.33. The highest BCUT2D eigenvalue weighted by Gasteiger charge is 2.09. The second-order valence-corrected chi connectivity index (χ2v) is 5.74. The third kappa shape index (κ3) is 5.76. The zero-order chi connectivity index (χ0) is 17.4. The van der Waals surface area contributed by atoms with Crippen LogP contribution in [-0.4, -0.2) is 31.3 Å². The van der Waals surface area contributed by atoms with Crippen molar-refractivity contribution in [2.75, 3.05) is 20.2 Å². The van der Waals surface area contributed by atoms with E-state index in [9.17, 15) is 9.90 Å². The Bertz CT molecular complexity index is 662. The van der Waals surface area contributed by atoms with E-state index in [1.165, 1.54) is 0 Å². The molecule has 0 radical (unpaired) electrons. The molecule has 2 amide bonds. The van der Waals surface area contributed by atoms with E-state index in [4.69, 9.17) is 16.3 Å². The van der Waals surface area contributed by atoms with Crippen LogP contribution in [0.15, 0.2) is 48.5 Å². The highest BCUT2D eigenvalue weighted by molar-refractivity contribution is 6.30. The van der Waals surface area contributed by atoms with Gasteiger partial charge >= 0.3 is 6.03 Å². The Hall–Kier alpha value is -2.24. The summed E-state index contributed by atoms with van der Waals surface area (Å²) in [4.78, 5) is 11.8. The Kier molecular flexibility index (Phi) is 6.90. The summed E-state index contributed by atoms with van der Waals surface area (Å²) in [5.41, 5.74) is 1.78. The Morgan fingerprint density at radius 3 is 2.67 bits per heavy atom. The van der Waals surface area contributed by atoms with Crippen LogP contribution in [-0.2, 0) is 6.42 Å². The lowest BCUT2D eigenvalue weighted by molar-refractivity contribution is 0.173. The van der Waals surface area contributed by atoms with E-state index in [1.54, 1.807) is 31.4 Å². The van der Waals surface area contributed by atoms with E-state index in [0.29, 0.717) is 23.6 Å². The van der Waals surface area contributed by atoms with Gasteiger partial charge in [-0.15, -0.1) is 0 Å². The van der Waals surface area contributed by atoms with Crippen molar-refractivity contribution in [3.05, 3.63) is 64.7 Å². The van der Waals surface area contributed by atoms with Crippen molar-refractivity contribution in [2.24, 2.45) is 0 Å². The first-order chi connectivity index (χ1) is 11.6. The number of urea groups is 1. The first-order valence-corrected chi connectivity index (χ1v) is 8.04. The smallest absolute Gasteiger partial charge is 0.314 e. The molecule has 5 nitrogen and oxygen atoms in total. The van der Waals surface area contributed by atoms with Crippen molar-refractivity contribution in [3.8, 4) is 5.75 Å². The highest BCUT2D eigenvalue weighted by Crippen LogP contribution is 2.15. The average Bonchev–Trinajstić information content (AvgIpc) is 2.60. The Balaban J connectivity index is 1.70. The van der Waals surface area contributed by atoms with Crippen LogP contribution < -0.4 is 15.4 Å². The van der Waals surface area contributed by atoms with Crippen molar-refractivity contribution < 1.29 is 14.6 Å². The van der Waals surface area contributed by atoms with Gasteiger partial charge in [0.25, 0.3) is 0 Å². The zero-order valence-electron chi connectivity index (χ0n) is 13.5. The molecule has 128 valence electrons. The fourth-order valence-electron chi connectivity index (χ4n) is 2.20. The fraction of sp³-hybridized carbons (Fsp3) is 0.278. The molecule has 2 aromatic rings. The molecule has 6 heteroatoms. The molecule has 0 saturated carbocycles. The Morgan fingerprint density at radius 2 is 1.96 bits per heavy atom. The van der Waals surface area contributed by atoms with E-state index in [-0.39, 0.29) is 12.6 Å². The first-order valence-electron chi connectivity index (χ1n) is 7.66. The molecule has 1 atom stereocenters. The molecular weight excluding hydrogens is 328 g/mol. The third-order valence-electron chi connectivity index (χ3n) is 3.54. The summed E-state index contributed by atoms with van der Waals surface area (Å²) in [6, 6.07) is 14.3. The monoisotopic (exact) mass is 348 g/mol. The van der Waals surface area contributed by atoms with Crippen molar-refractivity contribution in [1.29, 1.82) is 0 Å². The van der Waals surface area contributed by atoms with Crippen molar-refractivity contribution in [1.82, 2.24) is 10.6 Å². The largest absolute Gasteiger partial charge is 0.497 e. The molecule has 24 heavy (non-hydrogen) atoms. The number of halogens is 1.